The Morgan fingerprint density at radius 1 is 1.33 bits per heavy atom. The molecule has 0 atom stereocenters. The molecule has 0 unspecified atom stereocenters. The molecule has 1 aromatic heterocycles. The molecule has 0 aliphatic carbocycles. The molecule has 0 spiro atoms. The number of ether oxygens (including phenoxy) is 1. The average Bonchev–Trinajstić information content (AvgIpc) is 2.91. The highest BCUT2D eigenvalue weighted by molar-refractivity contribution is 7.07. The number of thiophene rings is 1. The predicted octanol–water partition coefficient (Wildman–Crippen LogP) is 2.54. The van der Waals surface area contributed by atoms with Crippen LogP contribution in [0.3, 0.4) is 0 Å². The van der Waals surface area contributed by atoms with E-state index in [1.54, 1.807) is 29.5 Å². The number of aliphatic hydroxyl groups is 1. The highest BCUT2D eigenvalue weighted by Gasteiger charge is 2.05. The van der Waals surface area contributed by atoms with Crippen LogP contribution >= 0.6 is 11.3 Å². The standard InChI is InChI=1S/C14H14O3S/c15-9-14(16)12-2-1-3-13(8-12)17-6-4-11-5-7-18-10-11/h1-3,5,7-8,10,15H,4,6,9H2. The molecule has 2 aromatic rings. The summed E-state index contributed by atoms with van der Waals surface area (Å²) in [6, 6.07) is 8.96. The fourth-order valence-electron chi connectivity index (χ4n) is 1.57. The molecule has 3 nitrogen and oxygen atoms in total. The van der Waals surface area contributed by atoms with Crippen LogP contribution in [0.5, 0.6) is 5.75 Å². The molecule has 0 saturated heterocycles. The van der Waals surface area contributed by atoms with Gasteiger partial charge < -0.3 is 9.84 Å². The van der Waals surface area contributed by atoms with E-state index in [1.165, 1.54) is 5.56 Å². The van der Waals surface area contributed by atoms with Gasteiger partial charge in [0.1, 0.15) is 12.4 Å². The molecule has 2 rings (SSSR count). The van der Waals surface area contributed by atoms with E-state index >= 15 is 0 Å². The van der Waals surface area contributed by atoms with Crippen molar-refractivity contribution < 1.29 is 14.6 Å². The van der Waals surface area contributed by atoms with Gasteiger partial charge in [-0.15, -0.1) is 0 Å². The van der Waals surface area contributed by atoms with Crippen molar-refractivity contribution in [3.63, 3.8) is 0 Å². The largest absolute Gasteiger partial charge is 0.493 e. The van der Waals surface area contributed by atoms with E-state index < -0.39 is 6.61 Å². The lowest BCUT2D eigenvalue weighted by molar-refractivity contribution is 0.0903. The van der Waals surface area contributed by atoms with Crippen molar-refractivity contribution in [1.29, 1.82) is 0 Å². The van der Waals surface area contributed by atoms with E-state index in [0.717, 1.165) is 6.42 Å². The second kappa shape index (κ2) is 6.33. The number of ketones is 1. The maximum Gasteiger partial charge on any atom is 0.188 e. The second-order valence-corrected chi connectivity index (χ2v) is 4.62. The van der Waals surface area contributed by atoms with Crippen LogP contribution in [0, 0.1) is 0 Å². The molecule has 0 aliphatic heterocycles. The third-order valence-corrected chi connectivity index (χ3v) is 3.27. The highest BCUT2D eigenvalue weighted by Crippen LogP contribution is 2.14. The predicted molar refractivity (Wildman–Crippen MR) is 71.4 cm³/mol. The highest BCUT2D eigenvalue weighted by atomic mass is 32.1. The van der Waals surface area contributed by atoms with Gasteiger partial charge in [-0.2, -0.15) is 11.3 Å². The van der Waals surface area contributed by atoms with E-state index in [9.17, 15) is 4.79 Å². The van der Waals surface area contributed by atoms with Crippen LogP contribution in [-0.4, -0.2) is 24.1 Å². The van der Waals surface area contributed by atoms with Crippen molar-refractivity contribution in [3.8, 4) is 5.75 Å². The molecule has 0 bridgehead atoms. The van der Waals surface area contributed by atoms with Gasteiger partial charge in [0.05, 0.1) is 6.61 Å². The summed E-state index contributed by atoms with van der Waals surface area (Å²) in [5.74, 6) is 0.364. The van der Waals surface area contributed by atoms with E-state index in [2.05, 4.69) is 11.4 Å². The van der Waals surface area contributed by atoms with Crippen LogP contribution < -0.4 is 4.74 Å². The second-order valence-electron chi connectivity index (χ2n) is 3.84. The van der Waals surface area contributed by atoms with Gasteiger partial charge in [0.15, 0.2) is 5.78 Å². The van der Waals surface area contributed by atoms with Gasteiger partial charge >= 0.3 is 0 Å². The first-order valence-electron chi connectivity index (χ1n) is 5.67. The van der Waals surface area contributed by atoms with E-state index in [1.807, 2.05) is 11.4 Å². The van der Waals surface area contributed by atoms with Crippen LogP contribution in [0.2, 0.25) is 0 Å². The molecule has 0 aliphatic rings. The quantitative estimate of drug-likeness (QED) is 0.814. The Hall–Kier alpha value is -1.65. The van der Waals surface area contributed by atoms with Gasteiger partial charge in [-0.25, -0.2) is 0 Å². The van der Waals surface area contributed by atoms with E-state index in [0.29, 0.717) is 17.9 Å². The van der Waals surface area contributed by atoms with Crippen LogP contribution in [-0.2, 0) is 6.42 Å². The van der Waals surface area contributed by atoms with Gasteiger partial charge in [-0.1, -0.05) is 12.1 Å². The van der Waals surface area contributed by atoms with E-state index in [-0.39, 0.29) is 5.78 Å². The van der Waals surface area contributed by atoms with Crippen LogP contribution in [0.1, 0.15) is 15.9 Å². The number of carbonyl (C=O) groups is 1. The zero-order valence-corrected chi connectivity index (χ0v) is 10.7. The first-order valence-corrected chi connectivity index (χ1v) is 6.62. The van der Waals surface area contributed by atoms with Crippen LogP contribution in [0.15, 0.2) is 41.1 Å². The molecule has 1 N–H and O–H groups in total. The van der Waals surface area contributed by atoms with Gasteiger partial charge in [-0.05, 0) is 34.5 Å². The topological polar surface area (TPSA) is 46.5 Å². The maximum atomic E-state index is 11.3. The van der Waals surface area contributed by atoms with Gasteiger partial charge in [0, 0.05) is 12.0 Å². The fraction of sp³-hybridized carbons (Fsp3) is 0.214. The number of rotatable bonds is 6. The number of Topliss-reactive ketones (excluding diaryl/α,β-unsaturated/α-hetero) is 1. The molecular formula is C14H14O3S. The van der Waals surface area contributed by atoms with Gasteiger partial charge in [0.25, 0.3) is 0 Å². The van der Waals surface area contributed by atoms with Crippen LogP contribution in [0.25, 0.3) is 0 Å². The molecule has 0 saturated carbocycles. The lowest BCUT2D eigenvalue weighted by atomic mass is 10.1. The number of carbonyl (C=O) groups excluding carboxylic acids is 1. The summed E-state index contributed by atoms with van der Waals surface area (Å²) in [4.78, 5) is 11.3. The average molecular weight is 262 g/mol. The Kier molecular flexibility index (Phi) is 4.50. The minimum atomic E-state index is -0.474. The summed E-state index contributed by atoms with van der Waals surface area (Å²) in [5, 5.41) is 12.9. The number of hydrogen-bond donors (Lipinski definition) is 1. The Morgan fingerprint density at radius 2 is 2.22 bits per heavy atom. The van der Waals surface area contributed by atoms with Crippen molar-refractivity contribution in [2.24, 2.45) is 0 Å². The Bertz CT molecular complexity index is 506. The van der Waals surface area contributed by atoms with Crippen molar-refractivity contribution >= 4 is 17.1 Å². The number of aliphatic hydroxyl groups excluding tert-OH is 1. The monoisotopic (exact) mass is 262 g/mol. The summed E-state index contributed by atoms with van der Waals surface area (Å²) in [7, 11) is 0. The minimum Gasteiger partial charge on any atom is -0.493 e. The first-order chi connectivity index (χ1) is 8.79. The Labute approximate surface area is 110 Å². The molecule has 4 heteroatoms. The lowest BCUT2D eigenvalue weighted by Crippen LogP contribution is -2.05. The van der Waals surface area contributed by atoms with Crippen molar-refractivity contribution in [1.82, 2.24) is 0 Å². The zero-order chi connectivity index (χ0) is 12.8. The summed E-state index contributed by atoms with van der Waals surface area (Å²) in [6.07, 6.45) is 0.849. The summed E-state index contributed by atoms with van der Waals surface area (Å²) < 4.78 is 5.59. The smallest absolute Gasteiger partial charge is 0.188 e. The third kappa shape index (κ3) is 3.42. The van der Waals surface area contributed by atoms with Gasteiger partial charge in [-0.3, -0.25) is 4.79 Å². The lowest BCUT2D eigenvalue weighted by Gasteiger charge is -2.06. The summed E-state index contributed by atoms with van der Waals surface area (Å²) in [5.41, 5.74) is 1.73. The zero-order valence-electron chi connectivity index (χ0n) is 9.83. The molecule has 0 radical (unpaired) electrons. The number of benzene rings is 1. The Morgan fingerprint density at radius 3 is 2.94 bits per heavy atom. The SMILES string of the molecule is O=C(CO)c1cccc(OCCc2ccsc2)c1. The first kappa shape index (κ1) is 12.8. The van der Waals surface area contributed by atoms with Gasteiger partial charge in [0.2, 0.25) is 0 Å². The van der Waals surface area contributed by atoms with Crippen molar-refractivity contribution in [2.45, 2.75) is 6.42 Å². The number of hydrogen-bond acceptors (Lipinski definition) is 4. The maximum absolute atomic E-state index is 11.3. The molecular weight excluding hydrogens is 248 g/mol. The fourth-order valence-corrected chi connectivity index (χ4v) is 2.28. The normalized spacial score (nSPS) is 10.3. The van der Waals surface area contributed by atoms with Crippen molar-refractivity contribution in [3.05, 3.63) is 52.2 Å². The molecule has 1 aromatic carbocycles. The molecule has 18 heavy (non-hydrogen) atoms. The molecule has 94 valence electrons. The third-order valence-electron chi connectivity index (χ3n) is 2.54. The summed E-state index contributed by atoms with van der Waals surface area (Å²) >= 11 is 1.67. The van der Waals surface area contributed by atoms with Crippen LogP contribution in [0.4, 0.5) is 0 Å². The molecule has 0 fully saturated rings. The molecule has 0 amide bonds. The minimum absolute atomic E-state index is 0.293. The Balaban J connectivity index is 1.91. The van der Waals surface area contributed by atoms with E-state index in [4.69, 9.17) is 9.84 Å². The summed E-state index contributed by atoms with van der Waals surface area (Å²) in [6.45, 7) is 0.103. The molecule has 1 heterocycles. The van der Waals surface area contributed by atoms with Crippen molar-refractivity contribution in [2.75, 3.05) is 13.2 Å².